The summed E-state index contributed by atoms with van der Waals surface area (Å²) in [5.74, 6) is -2.33. The van der Waals surface area contributed by atoms with E-state index in [1.165, 1.54) is 23.6 Å². The van der Waals surface area contributed by atoms with Gasteiger partial charge in [-0.2, -0.15) is 0 Å². The molecular weight excluding hydrogens is 509 g/mol. The van der Waals surface area contributed by atoms with Crippen LogP contribution in [0.5, 0.6) is 0 Å². The molecule has 2 rings (SSSR count). The van der Waals surface area contributed by atoms with Crippen LogP contribution in [0.4, 0.5) is 0 Å². The average molecular weight is 539 g/mol. The molecule has 12 heteroatoms. The highest BCUT2D eigenvalue weighted by Crippen LogP contribution is 2.29. The van der Waals surface area contributed by atoms with E-state index < -0.39 is 54.1 Å². The van der Waals surface area contributed by atoms with E-state index in [1.54, 1.807) is 0 Å². The summed E-state index contributed by atoms with van der Waals surface area (Å²) >= 11 is 2.16. The maximum atomic E-state index is 13.3. The fourth-order valence-electron chi connectivity index (χ4n) is 3.83. The third-order valence-corrected chi connectivity index (χ3v) is 6.45. The van der Waals surface area contributed by atoms with Gasteiger partial charge in [0.25, 0.3) is 0 Å². The minimum Gasteiger partial charge on any atom is -0.391 e. The number of nitrogens with two attached hydrogens (primary N) is 2. The molecule has 0 saturated carbocycles. The second-order valence-electron chi connectivity index (χ2n) is 7.92. The molecule has 2 fully saturated rings. The number of halogens is 1. The molecule has 0 aromatic carbocycles. The Kier molecular flexibility index (Phi) is 8.42. The third-order valence-electron chi connectivity index (χ3n) is 5.55. The monoisotopic (exact) mass is 539 g/mol. The molecule has 170 valence electrons. The average Bonchev–Trinajstić information content (AvgIpc) is 3.30. The van der Waals surface area contributed by atoms with Gasteiger partial charge < -0.3 is 36.8 Å². The van der Waals surface area contributed by atoms with E-state index in [4.69, 9.17) is 11.5 Å². The number of hydrogen-bond donors (Lipinski definition) is 5. The van der Waals surface area contributed by atoms with Crippen LogP contribution in [0, 0.1) is 0 Å². The number of aliphatic hydroxyl groups is 2. The molecule has 30 heavy (non-hydrogen) atoms. The molecule has 0 spiro atoms. The van der Waals surface area contributed by atoms with Gasteiger partial charge in [0, 0.05) is 17.0 Å². The van der Waals surface area contributed by atoms with Crippen molar-refractivity contribution in [3.8, 4) is 0 Å². The Labute approximate surface area is 188 Å². The molecule has 0 radical (unpaired) electrons. The minimum absolute atomic E-state index is 0.0334. The van der Waals surface area contributed by atoms with E-state index in [-0.39, 0.29) is 9.83 Å². The van der Waals surface area contributed by atoms with Gasteiger partial charge in [0.2, 0.25) is 23.6 Å². The number of nitrogens with one attached hydrogen (secondary N) is 1. The second kappa shape index (κ2) is 10.2. The van der Waals surface area contributed by atoms with Crippen molar-refractivity contribution >= 4 is 46.2 Å². The molecule has 2 heterocycles. The molecule has 11 nitrogen and oxygen atoms in total. The Balaban J connectivity index is 2.16. The normalized spacial score (nSPS) is 28.0. The maximum Gasteiger partial charge on any atom is 0.246 e. The van der Waals surface area contributed by atoms with Crippen LogP contribution >= 0.6 is 22.6 Å². The largest absolute Gasteiger partial charge is 0.391 e. The zero-order valence-electron chi connectivity index (χ0n) is 17.0. The molecule has 0 aromatic heterocycles. The van der Waals surface area contributed by atoms with Gasteiger partial charge in [-0.1, -0.05) is 22.6 Å². The summed E-state index contributed by atoms with van der Waals surface area (Å²) in [6, 6.07) is -4.00. The van der Waals surface area contributed by atoms with Crippen molar-refractivity contribution < 1.29 is 29.4 Å². The molecule has 2 aliphatic heterocycles. The molecule has 0 aliphatic carbocycles. The van der Waals surface area contributed by atoms with Crippen LogP contribution in [0.15, 0.2) is 0 Å². The highest BCUT2D eigenvalue weighted by molar-refractivity contribution is 14.1. The lowest BCUT2D eigenvalue weighted by Crippen LogP contribution is -2.58. The highest BCUT2D eigenvalue weighted by Gasteiger charge is 2.46. The van der Waals surface area contributed by atoms with Crippen LogP contribution in [0.3, 0.4) is 0 Å². The first-order chi connectivity index (χ1) is 14.0. The van der Waals surface area contributed by atoms with Crippen LogP contribution in [-0.4, -0.2) is 97.0 Å². The number of primary amides is 1. The smallest absolute Gasteiger partial charge is 0.246 e. The summed E-state index contributed by atoms with van der Waals surface area (Å²) < 4.78 is 0.0334. The standard InChI is InChI=1S/C18H30IN5O6/c1-8(25)13(20)18(30)24-7-10(19)6-12(24)17(29)23-5-3-4-11(23)16(28)22-14(9(2)26)15(21)27/h8-14,25-26H,3-7,20H2,1-2H3,(H2,21,27)(H,22,28)/t8-,9-,10-,11+,12+,13+,14+/m1/s1. The summed E-state index contributed by atoms with van der Waals surface area (Å²) in [5, 5.41) is 21.7. The quantitative estimate of drug-likeness (QED) is 0.174. The first-order valence-electron chi connectivity index (χ1n) is 9.92. The van der Waals surface area contributed by atoms with E-state index in [1.807, 2.05) is 0 Å². The second-order valence-corrected chi connectivity index (χ2v) is 9.69. The molecule has 2 saturated heterocycles. The number of aliphatic hydroxyl groups excluding tert-OH is 2. The summed E-state index contributed by atoms with van der Waals surface area (Å²) in [4.78, 5) is 52.9. The number of hydrogen-bond acceptors (Lipinski definition) is 7. The number of alkyl halides is 1. The lowest BCUT2D eigenvalue weighted by atomic mass is 10.1. The topological polar surface area (TPSA) is 179 Å². The first kappa shape index (κ1) is 24.8. The number of rotatable bonds is 7. The third kappa shape index (κ3) is 5.39. The number of amides is 4. The van der Waals surface area contributed by atoms with Gasteiger partial charge in [-0.15, -0.1) is 0 Å². The van der Waals surface area contributed by atoms with E-state index in [0.29, 0.717) is 32.4 Å². The zero-order valence-corrected chi connectivity index (χ0v) is 19.2. The lowest BCUT2D eigenvalue weighted by Gasteiger charge is -2.33. The van der Waals surface area contributed by atoms with Crippen molar-refractivity contribution in [2.45, 2.75) is 73.4 Å². The van der Waals surface area contributed by atoms with Crippen molar-refractivity contribution in [2.24, 2.45) is 11.5 Å². The van der Waals surface area contributed by atoms with E-state index in [2.05, 4.69) is 27.9 Å². The van der Waals surface area contributed by atoms with Crippen LogP contribution < -0.4 is 16.8 Å². The van der Waals surface area contributed by atoms with Crippen molar-refractivity contribution in [3.05, 3.63) is 0 Å². The molecule has 0 bridgehead atoms. The predicted molar refractivity (Wildman–Crippen MR) is 115 cm³/mol. The van der Waals surface area contributed by atoms with Crippen molar-refractivity contribution in [2.75, 3.05) is 13.1 Å². The zero-order chi connectivity index (χ0) is 22.7. The van der Waals surface area contributed by atoms with Crippen molar-refractivity contribution in [1.29, 1.82) is 0 Å². The van der Waals surface area contributed by atoms with E-state index >= 15 is 0 Å². The SMILES string of the molecule is C[C@@H](O)[C@H](N)C(=O)N1C[C@H](I)C[C@H]1C(=O)N1CCC[C@H]1C(=O)N[C@H](C(N)=O)[C@@H](C)O. The maximum absolute atomic E-state index is 13.3. The molecule has 4 amide bonds. The summed E-state index contributed by atoms with van der Waals surface area (Å²) in [7, 11) is 0. The Morgan fingerprint density at radius 3 is 2.27 bits per heavy atom. The van der Waals surface area contributed by atoms with Crippen LogP contribution in [-0.2, 0) is 19.2 Å². The Bertz CT molecular complexity index is 690. The lowest BCUT2D eigenvalue weighted by molar-refractivity contribution is -0.148. The van der Waals surface area contributed by atoms with Gasteiger partial charge >= 0.3 is 0 Å². The van der Waals surface area contributed by atoms with Crippen molar-refractivity contribution in [3.63, 3.8) is 0 Å². The highest BCUT2D eigenvalue weighted by atomic mass is 127. The summed E-state index contributed by atoms with van der Waals surface area (Å²) in [6.07, 6.45) is -0.842. The van der Waals surface area contributed by atoms with E-state index in [9.17, 15) is 29.4 Å². The summed E-state index contributed by atoms with van der Waals surface area (Å²) in [6.45, 7) is 3.41. The fraction of sp³-hybridized carbons (Fsp3) is 0.778. The fourth-order valence-corrected chi connectivity index (χ4v) is 4.74. The van der Waals surface area contributed by atoms with Gasteiger partial charge in [-0.3, -0.25) is 19.2 Å². The van der Waals surface area contributed by atoms with Gasteiger partial charge in [-0.05, 0) is 33.1 Å². The summed E-state index contributed by atoms with van der Waals surface area (Å²) in [5.41, 5.74) is 11.0. The number of carbonyl (C=O) groups excluding carboxylic acids is 4. The Hall–Kier alpha value is -1.51. The molecule has 2 aliphatic rings. The van der Waals surface area contributed by atoms with E-state index in [0.717, 1.165) is 0 Å². The van der Waals surface area contributed by atoms with Crippen LogP contribution in [0.2, 0.25) is 0 Å². The molecular formula is C18H30IN5O6. The molecule has 7 atom stereocenters. The van der Waals surface area contributed by atoms with Gasteiger partial charge in [0.1, 0.15) is 24.2 Å². The number of carbonyl (C=O) groups is 4. The minimum atomic E-state index is -1.26. The van der Waals surface area contributed by atoms with Gasteiger partial charge in [0.05, 0.1) is 12.2 Å². The van der Waals surface area contributed by atoms with Gasteiger partial charge in [0.15, 0.2) is 0 Å². The van der Waals surface area contributed by atoms with Crippen molar-refractivity contribution in [1.82, 2.24) is 15.1 Å². The van der Waals surface area contributed by atoms with Gasteiger partial charge in [-0.25, -0.2) is 0 Å². The van der Waals surface area contributed by atoms with Crippen LogP contribution in [0.25, 0.3) is 0 Å². The first-order valence-corrected chi connectivity index (χ1v) is 11.2. The number of likely N-dealkylation sites (tertiary alicyclic amines) is 2. The molecule has 7 N–H and O–H groups in total. The predicted octanol–water partition coefficient (Wildman–Crippen LogP) is -2.56. The molecule has 0 aromatic rings. The Morgan fingerprint density at radius 1 is 1.10 bits per heavy atom. The molecule has 0 unspecified atom stereocenters. The Morgan fingerprint density at radius 2 is 1.73 bits per heavy atom. The van der Waals surface area contributed by atoms with Crippen LogP contribution in [0.1, 0.15) is 33.1 Å². The number of nitrogens with zero attached hydrogens (tertiary/aromatic N) is 2.